The Bertz CT molecular complexity index is 412. The van der Waals surface area contributed by atoms with Gasteiger partial charge in [-0.05, 0) is 25.2 Å². The van der Waals surface area contributed by atoms with E-state index < -0.39 is 0 Å². The molecule has 1 heterocycles. The molecule has 0 saturated carbocycles. The molecule has 0 saturated heterocycles. The fourth-order valence-electron chi connectivity index (χ4n) is 1.65. The quantitative estimate of drug-likeness (QED) is 0.699. The monoisotopic (exact) mass is 239 g/mol. The Morgan fingerprint density at radius 2 is 2.24 bits per heavy atom. The van der Waals surface area contributed by atoms with Crippen LogP contribution in [0.3, 0.4) is 0 Å². The van der Waals surface area contributed by atoms with Crippen molar-refractivity contribution in [2.24, 2.45) is 5.41 Å². The minimum Gasteiger partial charge on any atom is -0.396 e. The number of rotatable bonds is 6. The summed E-state index contributed by atoms with van der Waals surface area (Å²) in [6.07, 6.45) is 1.72. The normalized spacial score (nSPS) is 11.5. The Morgan fingerprint density at radius 1 is 1.53 bits per heavy atom. The first kappa shape index (κ1) is 13.7. The van der Waals surface area contributed by atoms with Crippen LogP contribution in [0.15, 0.2) is 10.9 Å². The largest absolute Gasteiger partial charge is 0.396 e. The molecule has 0 atom stereocenters. The van der Waals surface area contributed by atoms with E-state index in [1.807, 2.05) is 0 Å². The van der Waals surface area contributed by atoms with Crippen molar-refractivity contribution in [3.63, 3.8) is 0 Å². The zero-order valence-corrected chi connectivity index (χ0v) is 10.7. The number of hydrogen-bond donors (Lipinski definition) is 3. The lowest BCUT2D eigenvalue weighted by Crippen LogP contribution is -2.24. The van der Waals surface area contributed by atoms with Gasteiger partial charge in [0.2, 0.25) is 0 Å². The molecule has 5 heteroatoms. The molecular weight excluding hydrogens is 218 g/mol. The van der Waals surface area contributed by atoms with Crippen LogP contribution in [0.4, 0.5) is 5.82 Å². The average molecular weight is 239 g/mol. The second kappa shape index (κ2) is 5.82. The zero-order valence-electron chi connectivity index (χ0n) is 10.7. The van der Waals surface area contributed by atoms with Gasteiger partial charge in [0.1, 0.15) is 11.6 Å². The minimum absolute atomic E-state index is 0.0704. The molecule has 96 valence electrons. The van der Waals surface area contributed by atoms with Gasteiger partial charge in [0.25, 0.3) is 5.56 Å². The van der Waals surface area contributed by atoms with Gasteiger partial charge < -0.3 is 15.4 Å². The van der Waals surface area contributed by atoms with Crippen molar-refractivity contribution in [2.45, 2.75) is 33.6 Å². The highest BCUT2D eigenvalue weighted by Crippen LogP contribution is 2.22. The summed E-state index contributed by atoms with van der Waals surface area (Å²) in [4.78, 5) is 18.0. The van der Waals surface area contributed by atoms with E-state index in [9.17, 15) is 4.79 Å². The first-order valence-corrected chi connectivity index (χ1v) is 5.86. The molecule has 3 N–H and O–H groups in total. The molecule has 0 spiro atoms. The van der Waals surface area contributed by atoms with Crippen molar-refractivity contribution in [1.29, 1.82) is 0 Å². The summed E-state index contributed by atoms with van der Waals surface area (Å²) in [7, 11) is 0. The molecule has 17 heavy (non-hydrogen) atoms. The maximum Gasteiger partial charge on any atom is 0.252 e. The summed E-state index contributed by atoms with van der Waals surface area (Å²) in [6.45, 7) is 6.93. The van der Waals surface area contributed by atoms with Crippen molar-refractivity contribution in [3.05, 3.63) is 22.2 Å². The highest BCUT2D eigenvalue weighted by molar-refractivity contribution is 5.33. The molecule has 0 aliphatic heterocycles. The summed E-state index contributed by atoms with van der Waals surface area (Å²) in [6, 6.07) is 1.45. The van der Waals surface area contributed by atoms with Crippen LogP contribution in [0.2, 0.25) is 0 Å². The van der Waals surface area contributed by atoms with E-state index in [0.29, 0.717) is 11.6 Å². The Morgan fingerprint density at radius 3 is 2.82 bits per heavy atom. The molecular formula is C12H21N3O2. The molecule has 1 rings (SSSR count). The van der Waals surface area contributed by atoms with E-state index in [-0.39, 0.29) is 17.6 Å². The van der Waals surface area contributed by atoms with E-state index >= 15 is 0 Å². The van der Waals surface area contributed by atoms with Crippen LogP contribution in [0.25, 0.3) is 0 Å². The number of aromatic amines is 1. The Hall–Kier alpha value is -1.36. The summed E-state index contributed by atoms with van der Waals surface area (Å²) < 4.78 is 0. The van der Waals surface area contributed by atoms with E-state index in [4.69, 9.17) is 5.11 Å². The molecule has 0 radical (unpaired) electrons. The van der Waals surface area contributed by atoms with Crippen molar-refractivity contribution in [1.82, 2.24) is 9.97 Å². The van der Waals surface area contributed by atoms with E-state index in [1.165, 1.54) is 6.07 Å². The number of anilines is 1. The number of aliphatic hydroxyl groups excluding tert-OH is 1. The minimum atomic E-state index is -0.145. The van der Waals surface area contributed by atoms with Crippen LogP contribution >= 0.6 is 0 Å². The summed E-state index contributed by atoms with van der Waals surface area (Å²) in [5, 5.41) is 12.0. The predicted molar refractivity (Wildman–Crippen MR) is 68.2 cm³/mol. The highest BCUT2D eigenvalue weighted by atomic mass is 16.2. The van der Waals surface area contributed by atoms with Crippen molar-refractivity contribution in [3.8, 4) is 0 Å². The van der Waals surface area contributed by atoms with Gasteiger partial charge in [-0.25, -0.2) is 4.98 Å². The zero-order chi connectivity index (χ0) is 12.9. The smallest absolute Gasteiger partial charge is 0.252 e. The Labute approximate surface area is 101 Å². The van der Waals surface area contributed by atoms with Gasteiger partial charge in [0.05, 0.1) is 0 Å². The third-order valence-electron chi connectivity index (χ3n) is 2.62. The first-order valence-electron chi connectivity index (χ1n) is 5.86. The Balaban J connectivity index is 2.57. The summed E-state index contributed by atoms with van der Waals surface area (Å²) in [5.41, 5.74) is -0.0749. The molecule has 0 amide bonds. The SMILES string of the molecule is Cc1nc(NCC(C)(C)CCCO)cc(=O)[nH]1. The fraction of sp³-hybridized carbons (Fsp3) is 0.667. The highest BCUT2D eigenvalue weighted by Gasteiger charge is 2.17. The molecule has 0 fully saturated rings. The van der Waals surface area contributed by atoms with Crippen molar-refractivity contribution in [2.75, 3.05) is 18.5 Å². The molecule has 1 aromatic rings. The van der Waals surface area contributed by atoms with Crippen molar-refractivity contribution >= 4 is 5.82 Å². The average Bonchev–Trinajstić information content (AvgIpc) is 2.23. The van der Waals surface area contributed by atoms with Crippen LogP contribution in [0.5, 0.6) is 0 Å². The lowest BCUT2D eigenvalue weighted by molar-refractivity contribution is 0.248. The van der Waals surface area contributed by atoms with E-state index in [1.54, 1.807) is 6.92 Å². The van der Waals surface area contributed by atoms with Gasteiger partial charge in [-0.2, -0.15) is 0 Å². The number of aliphatic hydroxyl groups is 1. The molecule has 0 unspecified atom stereocenters. The maximum absolute atomic E-state index is 11.2. The predicted octanol–water partition coefficient (Wildman–Crippen LogP) is 1.29. The molecule has 1 aromatic heterocycles. The third kappa shape index (κ3) is 4.99. The molecule has 0 bridgehead atoms. The van der Waals surface area contributed by atoms with Gasteiger partial charge in [0, 0.05) is 19.2 Å². The number of nitrogens with one attached hydrogen (secondary N) is 2. The van der Waals surface area contributed by atoms with Gasteiger partial charge >= 0.3 is 0 Å². The van der Waals surface area contributed by atoms with E-state index in [2.05, 4.69) is 29.1 Å². The molecule has 5 nitrogen and oxygen atoms in total. The van der Waals surface area contributed by atoms with Crippen molar-refractivity contribution < 1.29 is 5.11 Å². The molecule has 0 aliphatic rings. The van der Waals surface area contributed by atoms with Crippen LogP contribution in [0.1, 0.15) is 32.5 Å². The van der Waals surface area contributed by atoms with Crippen LogP contribution < -0.4 is 10.9 Å². The molecule has 0 aliphatic carbocycles. The van der Waals surface area contributed by atoms with Gasteiger partial charge in [0.15, 0.2) is 0 Å². The number of nitrogens with zero attached hydrogens (tertiary/aromatic N) is 1. The lowest BCUT2D eigenvalue weighted by Gasteiger charge is -2.24. The summed E-state index contributed by atoms with van der Waals surface area (Å²) >= 11 is 0. The van der Waals surface area contributed by atoms with Crippen LogP contribution in [-0.4, -0.2) is 28.2 Å². The van der Waals surface area contributed by atoms with Gasteiger partial charge in [-0.3, -0.25) is 4.79 Å². The topological polar surface area (TPSA) is 78.0 Å². The first-order chi connectivity index (χ1) is 7.93. The second-order valence-corrected chi connectivity index (χ2v) is 5.06. The number of hydrogen-bond acceptors (Lipinski definition) is 4. The standard InChI is InChI=1S/C12H21N3O2/c1-9-14-10(7-11(17)15-9)13-8-12(2,3)5-4-6-16/h7,16H,4-6,8H2,1-3H3,(H2,13,14,15,17). The fourth-order valence-corrected chi connectivity index (χ4v) is 1.65. The molecule has 0 aromatic carbocycles. The van der Waals surface area contributed by atoms with Gasteiger partial charge in [-0.1, -0.05) is 13.8 Å². The second-order valence-electron chi connectivity index (χ2n) is 5.06. The Kier molecular flexibility index (Phi) is 4.69. The number of H-pyrrole nitrogens is 1. The summed E-state index contributed by atoms with van der Waals surface area (Å²) in [5.74, 6) is 1.21. The maximum atomic E-state index is 11.2. The third-order valence-corrected chi connectivity index (χ3v) is 2.62. The number of aryl methyl sites for hydroxylation is 1. The lowest BCUT2D eigenvalue weighted by atomic mass is 9.88. The van der Waals surface area contributed by atoms with Crippen LogP contribution in [0, 0.1) is 12.3 Å². The number of aromatic nitrogens is 2. The van der Waals surface area contributed by atoms with Gasteiger partial charge in [-0.15, -0.1) is 0 Å². The van der Waals surface area contributed by atoms with E-state index in [0.717, 1.165) is 19.4 Å². The van der Waals surface area contributed by atoms with Crippen LogP contribution in [-0.2, 0) is 0 Å².